The van der Waals surface area contributed by atoms with Gasteiger partial charge in [-0.15, -0.1) is 0 Å². The summed E-state index contributed by atoms with van der Waals surface area (Å²) in [5.41, 5.74) is -1.95. The number of amides is 1. The number of hydrogen-bond acceptors (Lipinski definition) is 7. The highest BCUT2D eigenvalue weighted by atomic mass is 35.5. The molecular formula is C25H29ClF2N2O7S. The summed E-state index contributed by atoms with van der Waals surface area (Å²) in [6.45, 7) is 4.04. The number of carbonyl (C=O) groups is 2. The number of benzene rings is 2. The Hall–Kier alpha value is -3.12. The number of fused-ring (bicyclic) bond motifs is 1. The molecule has 0 saturated carbocycles. The maximum absolute atomic E-state index is 13.8. The fraction of sp³-hybridized carbons (Fsp3) is 0.440. The van der Waals surface area contributed by atoms with Crippen LogP contribution in [0.3, 0.4) is 0 Å². The lowest BCUT2D eigenvalue weighted by molar-refractivity contribution is -0.147. The lowest BCUT2D eigenvalue weighted by Crippen LogP contribution is -2.45. The fourth-order valence-electron chi connectivity index (χ4n) is 3.52. The number of Topliss-reactive ketones (excluding diaryl/α,β-unsaturated/α-hetero) is 1. The molecule has 1 atom stereocenters. The van der Waals surface area contributed by atoms with Crippen LogP contribution >= 0.6 is 11.6 Å². The van der Waals surface area contributed by atoms with Gasteiger partial charge < -0.3 is 19.0 Å². The minimum atomic E-state index is -4.29. The summed E-state index contributed by atoms with van der Waals surface area (Å²) in [6, 6.07) is 8.35. The molecule has 2 aromatic carbocycles. The molecule has 0 saturated heterocycles. The zero-order chi connectivity index (χ0) is 28.5. The monoisotopic (exact) mass is 574 g/mol. The van der Waals surface area contributed by atoms with E-state index in [1.165, 1.54) is 50.4 Å². The first-order valence-corrected chi connectivity index (χ1v) is 13.4. The van der Waals surface area contributed by atoms with Crippen molar-refractivity contribution < 1.29 is 41.0 Å². The third-order valence-corrected chi connectivity index (χ3v) is 8.33. The minimum absolute atomic E-state index is 0.0419. The van der Waals surface area contributed by atoms with Crippen LogP contribution in [0.2, 0.25) is 5.02 Å². The first kappa shape index (κ1) is 29.4. The normalized spacial score (nSPS) is 15.8. The molecule has 0 aromatic heterocycles. The quantitative estimate of drug-likeness (QED) is 0.411. The molecule has 1 N–H and O–H groups in total. The van der Waals surface area contributed by atoms with Gasteiger partial charge in [-0.2, -0.15) is 0 Å². The Morgan fingerprint density at radius 1 is 1.18 bits per heavy atom. The van der Waals surface area contributed by atoms with Crippen molar-refractivity contribution in [2.24, 2.45) is 0 Å². The van der Waals surface area contributed by atoms with Crippen LogP contribution in [-0.4, -0.2) is 51.6 Å². The van der Waals surface area contributed by atoms with Crippen LogP contribution < -0.4 is 19.1 Å². The molecule has 3 rings (SSSR count). The molecular weight excluding hydrogens is 546 g/mol. The topological polar surface area (TPSA) is 111 Å². The van der Waals surface area contributed by atoms with Gasteiger partial charge in [0, 0.05) is 25.1 Å². The highest BCUT2D eigenvalue weighted by Gasteiger charge is 2.45. The molecule has 0 fully saturated rings. The predicted molar refractivity (Wildman–Crippen MR) is 138 cm³/mol. The number of halogens is 3. The van der Waals surface area contributed by atoms with Crippen LogP contribution in [0.1, 0.15) is 40.5 Å². The number of alkyl halides is 2. The van der Waals surface area contributed by atoms with Crippen molar-refractivity contribution in [3.05, 3.63) is 41.4 Å². The number of rotatable bonds is 9. The van der Waals surface area contributed by atoms with Gasteiger partial charge in [0.15, 0.2) is 5.60 Å². The van der Waals surface area contributed by atoms with E-state index in [1.54, 1.807) is 0 Å². The first-order chi connectivity index (χ1) is 17.5. The average molecular weight is 575 g/mol. The van der Waals surface area contributed by atoms with Crippen LogP contribution in [0.15, 0.2) is 41.3 Å². The summed E-state index contributed by atoms with van der Waals surface area (Å²) >= 11 is 6.25. The number of methoxy groups -OCH3 is 1. The van der Waals surface area contributed by atoms with E-state index in [-0.39, 0.29) is 58.0 Å². The third kappa shape index (κ3) is 6.47. The summed E-state index contributed by atoms with van der Waals surface area (Å²) < 4.78 is 72.2. The van der Waals surface area contributed by atoms with E-state index >= 15 is 0 Å². The Morgan fingerprint density at radius 2 is 1.87 bits per heavy atom. The second kappa shape index (κ2) is 10.9. The van der Waals surface area contributed by atoms with Gasteiger partial charge in [0.1, 0.15) is 28.3 Å². The van der Waals surface area contributed by atoms with Crippen LogP contribution in [0, 0.1) is 0 Å². The Labute approximate surface area is 225 Å². The molecule has 2 aromatic rings. The van der Waals surface area contributed by atoms with Crippen molar-refractivity contribution in [3.8, 4) is 11.5 Å². The Bertz CT molecular complexity index is 1330. The number of sulfonamides is 1. The van der Waals surface area contributed by atoms with Crippen LogP contribution in [-0.2, 0) is 19.6 Å². The second-order valence-corrected chi connectivity index (χ2v) is 11.6. The van der Waals surface area contributed by atoms with E-state index in [9.17, 15) is 26.8 Å². The van der Waals surface area contributed by atoms with Crippen LogP contribution in [0.4, 0.5) is 25.0 Å². The standard InChI is InChI=1S/C25H29ClF2N2O7S/c1-15(31)6-8-18-14-30(38(33,34)22-13-17(35-5)9-10-19(22)26)20-12-16(7-11-21(20)36-18)29-23(32)37-24(2,3)25(4,27)28/h7,9-13,18H,6,8,14H2,1-5H3,(H,29,32). The number of nitrogens with one attached hydrogen (secondary N) is 1. The van der Waals surface area contributed by atoms with E-state index in [1.807, 2.05) is 0 Å². The van der Waals surface area contributed by atoms with Crippen LogP contribution in [0.5, 0.6) is 11.5 Å². The largest absolute Gasteiger partial charge is 0.497 e. The van der Waals surface area contributed by atoms with Gasteiger partial charge in [0.2, 0.25) is 0 Å². The predicted octanol–water partition coefficient (Wildman–Crippen LogP) is 5.66. The summed E-state index contributed by atoms with van der Waals surface area (Å²) in [6.07, 6.45) is -1.36. The maximum atomic E-state index is 13.8. The van der Waals surface area contributed by atoms with E-state index in [2.05, 4.69) is 5.32 Å². The molecule has 0 radical (unpaired) electrons. The molecule has 1 aliphatic heterocycles. The van der Waals surface area contributed by atoms with Crippen LogP contribution in [0.25, 0.3) is 0 Å². The van der Waals surface area contributed by atoms with Crippen molar-refractivity contribution in [3.63, 3.8) is 0 Å². The van der Waals surface area contributed by atoms with Crippen molar-refractivity contribution >= 4 is 44.9 Å². The molecule has 0 aliphatic carbocycles. The van der Waals surface area contributed by atoms with E-state index in [0.29, 0.717) is 6.92 Å². The molecule has 0 spiro atoms. The van der Waals surface area contributed by atoms with Gasteiger partial charge in [0.25, 0.3) is 15.9 Å². The smallest absolute Gasteiger partial charge is 0.412 e. The van der Waals surface area contributed by atoms with Crippen molar-refractivity contribution in [1.29, 1.82) is 0 Å². The number of nitrogens with zero attached hydrogens (tertiary/aromatic N) is 1. The van der Waals surface area contributed by atoms with Gasteiger partial charge in [0.05, 0.1) is 24.4 Å². The lowest BCUT2D eigenvalue weighted by Gasteiger charge is -2.36. The summed E-state index contributed by atoms with van der Waals surface area (Å²) in [4.78, 5) is 23.7. The summed E-state index contributed by atoms with van der Waals surface area (Å²) in [5.74, 6) is -2.96. The lowest BCUT2D eigenvalue weighted by atomic mass is 10.0. The van der Waals surface area contributed by atoms with Gasteiger partial charge in [-0.05, 0) is 57.5 Å². The molecule has 208 valence electrons. The van der Waals surface area contributed by atoms with Crippen molar-refractivity contribution in [2.75, 3.05) is 23.3 Å². The highest BCUT2D eigenvalue weighted by Crippen LogP contribution is 2.41. The average Bonchev–Trinajstić information content (AvgIpc) is 2.81. The van der Waals surface area contributed by atoms with Gasteiger partial charge in [-0.25, -0.2) is 22.0 Å². The number of carbonyl (C=O) groups excluding carboxylic acids is 2. The maximum Gasteiger partial charge on any atom is 0.412 e. The minimum Gasteiger partial charge on any atom is -0.497 e. The molecule has 38 heavy (non-hydrogen) atoms. The molecule has 9 nitrogen and oxygen atoms in total. The summed E-state index contributed by atoms with van der Waals surface area (Å²) in [5, 5.41) is 2.31. The molecule has 0 bridgehead atoms. The molecule has 1 unspecified atom stereocenters. The zero-order valence-corrected chi connectivity index (χ0v) is 23.1. The van der Waals surface area contributed by atoms with Gasteiger partial charge in [-0.1, -0.05) is 11.6 Å². The fourth-order valence-corrected chi connectivity index (χ4v) is 5.51. The highest BCUT2D eigenvalue weighted by molar-refractivity contribution is 7.93. The summed E-state index contributed by atoms with van der Waals surface area (Å²) in [7, 11) is -2.91. The van der Waals surface area contributed by atoms with E-state index < -0.39 is 33.7 Å². The Balaban J connectivity index is 2.01. The zero-order valence-electron chi connectivity index (χ0n) is 21.5. The molecule has 1 amide bonds. The third-order valence-electron chi connectivity index (χ3n) is 6.07. The molecule has 1 aliphatic rings. The number of ether oxygens (including phenoxy) is 3. The molecule has 1 heterocycles. The van der Waals surface area contributed by atoms with E-state index in [0.717, 1.165) is 18.2 Å². The first-order valence-electron chi connectivity index (χ1n) is 11.6. The Kier molecular flexibility index (Phi) is 8.47. The number of ketones is 1. The van der Waals surface area contributed by atoms with Crippen molar-refractivity contribution in [1.82, 2.24) is 0 Å². The molecule has 13 heteroatoms. The SMILES string of the molecule is COc1ccc(Cl)c(S(=O)(=O)N2CC(CCC(C)=O)Oc3ccc(NC(=O)OC(C)(C)C(C)(F)F)cc32)c1. The van der Waals surface area contributed by atoms with Gasteiger partial charge in [-0.3, -0.25) is 9.62 Å². The second-order valence-electron chi connectivity index (χ2n) is 9.41. The van der Waals surface area contributed by atoms with Gasteiger partial charge >= 0.3 is 6.09 Å². The van der Waals surface area contributed by atoms with E-state index in [4.69, 9.17) is 25.8 Å². The number of anilines is 2. The van der Waals surface area contributed by atoms with Crippen molar-refractivity contribution in [2.45, 2.75) is 63.1 Å². The Morgan fingerprint density at radius 3 is 2.47 bits per heavy atom. The number of hydrogen-bond donors (Lipinski definition) is 1.